The van der Waals surface area contributed by atoms with E-state index in [-0.39, 0.29) is 23.3 Å². The van der Waals surface area contributed by atoms with Crippen molar-refractivity contribution in [2.24, 2.45) is 0 Å². The number of rotatable bonds is 5. The summed E-state index contributed by atoms with van der Waals surface area (Å²) >= 11 is 0. The number of carbonyl (C=O) groups is 2. The first-order chi connectivity index (χ1) is 14.7. The zero-order valence-electron chi connectivity index (χ0n) is 16.1. The summed E-state index contributed by atoms with van der Waals surface area (Å²) in [6, 6.07) is 6.01. The summed E-state index contributed by atoms with van der Waals surface area (Å²) in [7, 11) is 0. The minimum Gasteiger partial charge on any atom is -0.458 e. The standard InChI is InChI=1S/C20H15F3N4O4/c1-11-6-24-17-15(8-26-27(17)9-11)18(28)25-7-13-5-12-3-2-4-14(16(12)31-13)19(29)30-10-20(21,22)23/h2-6,8-9H,7,10H2,1H3,(H,25,28). The SMILES string of the molecule is Cc1cnc2c(C(=O)NCc3cc4cccc(C(=O)OCC(F)(F)F)c4o3)cnn2c1. The Hall–Kier alpha value is -3.89. The summed E-state index contributed by atoms with van der Waals surface area (Å²) in [4.78, 5) is 28.7. The van der Waals surface area contributed by atoms with Crippen LogP contribution in [0.15, 0.2) is 47.3 Å². The minimum atomic E-state index is -4.63. The summed E-state index contributed by atoms with van der Waals surface area (Å²) in [6.45, 7) is 0.134. The van der Waals surface area contributed by atoms with E-state index in [9.17, 15) is 22.8 Å². The van der Waals surface area contributed by atoms with E-state index in [1.165, 1.54) is 22.8 Å². The molecule has 4 rings (SSSR count). The number of carbonyl (C=O) groups excluding carboxylic acids is 2. The van der Waals surface area contributed by atoms with Crippen LogP contribution in [0.2, 0.25) is 0 Å². The highest BCUT2D eigenvalue weighted by Gasteiger charge is 2.30. The Labute approximate surface area is 172 Å². The lowest BCUT2D eigenvalue weighted by molar-refractivity contribution is -0.161. The van der Waals surface area contributed by atoms with Gasteiger partial charge in [-0.2, -0.15) is 18.3 Å². The van der Waals surface area contributed by atoms with Gasteiger partial charge in [0.1, 0.15) is 22.5 Å². The average Bonchev–Trinajstić information content (AvgIpc) is 3.32. The lowest BCUT2D eigenvalue weighted by atomic mass is 10.1. The zero-order chi connectivity index (χ0) is 22.2. The topological polar surface area (TPSA) is 98.7 Å². The van der Waals surface area contributed by atoms with Crippen LogP contribution >= 0.6 is 0 Å². The fourth-order valence-corrected chi connectivity index (χ4v) is 2.98. The van der Waals surface area contributed by atoms with Crippen molar-refractivity contribution in [3.05, 3.63) is 65.3 Å². The van der Waals surface area contributed by atoms with Crippen LogP contribution in [-0.2, 0) is 11.3 Å². The lowest BCUT2D eigenvalue weighted by Gasteiger charge is -2.07. The Morgan fingerprint density at radius 3 is 2.81 bits per heavy atom. The van der Waals surface area contributed by atoms with E-state index in [4.69, 9.17) is 4.42 Å². The van der Waals surface area contributed by atoms with E-state index < -0.39 is 24.7 Å². The fraction of sp³-hybridized carbons (Fsp3) is 0.200. The number of furan rings is 1. The number of halogens is 3. The highest BCUT2D eigenvalue weighted by Crippen LogP contribution is 2.25. The maximum Gasteiger partial charge on any atom is 0.422 e. The molecule has 0 atom stereocenters. The lowest BCUT2D eigenvalue weighted by Crippen LogP contribution is -2.22. The van der Waals surface area contributed by atoms with Crippen LogP contribution in [0.4, 0.5) is 13.2 Å². The third-order valence-electron chi connectivity index (χ3n) is 4.34. The molecule has 1 aromatic carbocycles. The predicted molar refractivity (Wildman–Crippen MR) is 101 cm³/mol. The molecule has 31 heavy (non-hydrogen) atoms. The van der Waals surface area contributed by atoms with E-state index in [0.717, 1.165) is 5.56 Å². The number of para-hydroxylation sites is 1. The maximum absolute atomic E-state index is 12.5. The molecule has 8 nitrogen and oxygen atoms in total. The number of fused-ring (bicyclic) bond motifs is 2. The van der Waals surface area contributed by atoms with Gasteiger partial charge in [0, 0.05) is 17.8 Å². The van der Waals surface area contributed by atoms with Crippen LogP contribution in [0.5, 0.6) is 0 Å². The summed E-state index contributed by atoms with van der Waals surface area (Å²) in [5, 5.41) is 7.25. The number of nitrogens with zero attached hydrogens (tertiary/aromatic N) is 3. The number of benzene rings is 1. The Kier molecular flexibility index (Phi) is 5.09. The number of nitrogens with one attached hydrogen (secondary N) is 1. The van der Waals surface area contributed by atoms with Gasteiger partial charge in [0.25, 0.3) is 5.91 Å². The Morgan fingerprint density at radius 1 is 1.23 bits per heavy atom. The Morgan fingerprint density at radius 2 is 2.03 bits per heavy atom. The molecule has 0 bridgehead atoms. The highest BCUT2D eigenvalue weighted by molar-refractivity contribution is 6.02. The molecule has 0 spiro atoms. The molecule has 3 heterocycles. The Balaban J connectivity index is 1.50. The van der Waals surface area contributed by atoms with E-state index in [0.29, 0.717) is 16.8 Å². The van der Waals surface area contributed by atoms with E-state index in [2.05, 4.69) is 20.1 Å². The molecule has 0 saturated carbocycles. The van der Waals surface area contributed by atoms with Gasteiger partial charge in [-0.25, -0.2) is 14.3 Å². The molecule has 11 heteroatoms. The molecule has 0 aliphatic rings. The van der Waals surface area contributed by atoms with Crippen LogP contribution in [0.3, 0.4) is 0 Å². The van der Waals surface area contributed by atoms with Crippen molar-refractivity contribution in [1.29, 1.82) is 0 Å². The molecule has 160 valence electrons. The molecule has 0 aliphatic carbocycles. The van der Waals surface area contributed by atoms with Gasteiger partial charge in [0.2, 0.25) is 0 Å². The molecule has 0 fully saturated rings. The second-order valence-corrected chi connectivity index (χ2v) is 6.77. The molecule has 0 radical (unpaired) electrons. The number of esters is 1. The molecule has 0 aliphatic heterocycles. The second-order valence-electron chi connectivity index (χ2n) is 6.77. The largest absolute Gasteiger partial charge is 0.458 e. The van der Waals surface area contributed by atoms with Gasteiger partial charge in [-0.15, -0.1) is 0 Å². The second kappa shape index (κ2) is 7.74. The third kappa shape index (κ3) is 4.34. The van der Waals surface area contributed by atoms with Gasteiger partial charge < -0.3 is 14.5 Å². The average molecular weight is 432 g/mol. The predicted octanol–water partition coefficient (Wildman–Crippen LogP) is 3.43. The smallest absolute Gasteiger partial charge is 0.422 e. The molecule has 4 aromatic rings. The highest BCUT2D eigenvalue weighted by atomic mass is 19.4. The van der Waals surface area contributed by atoms with Gasteiger partial charge in [0.05, 0.1) is 12.7 Å². The number of alkyl halides is 3. The van der Waals surface area contributed by atoms with Crippen LogP contribution < -0.4 is 5.32 Å². The molecule has 0 saturated heterocycles. The summed E-state index contributed by atoms with van der Waals surface area (Å²) < 4.78 is 48.3. The summed E-state index contributed by atoms with van der Waals surface area (Å²) in [5.74, 6) is -1.28. The zero-order valence-corrected chi connectivity index (χ0v) is 16.1. The van der Waals surface area contributed by atoms with E-state index in [1.807, 2.05) is 6.92 Å². The summed E-state index contributed by atoms with van der Waals surface area (Å²) in [6.07, 6.45) is 0.114. The number of aromatic nitrogens is 3. The third-order valence-corrected chi connectivity index (χ3v) is 4.34. The van der Waals surface area contributed by atoms with Crippen molar-refractivity contribution in [2.45, 2.75) is 19.6 Å². The van der Waals surface area contributed by atoms with Gasteiger partial charge in [0.15, 0.2) is 12.3 Å². The number of hydrogen-bond donors (Lipinski definition) is 1. The van der Waals surface area contributed by atoms with Gasteiger partial charge in [-0.05, 0) is 24.6 Å². The van der Waals surface area contributed by atoms with Gasteiger partial charge in [-0.3, -0.25) is 4.79 Å². The quantitative estimate of drug-likeness (QED) is 0.485. The molecule has 3 aromatic heterocycles. The van der Waals surface area contributed by atoms with Crippen molar-refractivity contribution >= 4 is 28.5 Å². The van der Waals surface area contributed by atoms with Crippen LogP contribution in [-0.4, -0.2) is 39.3 Å². The normalized spacial score (nSPS) is 11.7. The van der Waals surface area contributed by atoms with Crippen molar-refractivity contribution < 1.29 is 31.9 Å². The van der Waals surface area contributed by atoms with Gasteiger partial charge >= 0.3 is 12.1 Å². The molecule has 1 amide bonds. The molecule has 1 N–H and O–H groups in total. The van der Waals surface area contributed by atoms with E-state index >= 15 is 0 Å². The number of ether oxygens (including phenoxy) is 1. The minimum absolute atomic E-state index is 0.0201. The molecular weight excluding hydrogens is 417 g/mol. The van der Waals surface area contributed by atoms with Crippen LogP contribution in [0.25, 0.3) is 16.6 Å². The first kappa shape index (κ1) is 20.4. The monoisotopic (exact) mass is 432 g/mol. The maximum atomic E-state index is 12.5. The number of amides is 1. The first-order valence-corrected chi connectivity index (χ1v) is 9.05. The van der Waals surface area contributed by atoms with E-state index in [1.54, 1.807) is 24.5 Å². The Bertz CT molecular complexity index is 1290. The number of aryl methyl sites for hydroxylation is 1. The molecule has 0 unspecified atom stereocenters. The summed E-state index contributed by atoms with van der Waals surface area (Å²) in [5.41, 5.74) is 1.48. The first-order valence-electron chi connectivity index (χ1n) is 9.05. The van der Waals surface area contributed by atoms with Crippen molar-refractivity contribution in [2.75, 3.05) is 6.61 Å². The van der Waals surface area contributed by atoms with Crippen molar-refractivity contribution in [3.63, 3.8) is 0 Å². The van der Waals surface area contributed by atoms with Crippen LogP contribution in [0.1, 0.15) is 32.0 Å². The van der Waals surface area contributed by atoms with Crippen LogP contribution in [0, 0.1) is 6.92 Å². The van der Waals surface area contributed by atoms with Crippen molar-refractivity contribution in [3.8, 4) is 0 Å². The fourth-order valence-electron chi connectivity index (χ4n) is 2.98. The molecular formula is C20H15F3N4O4. The van der Waals surface area contributed by atoms with Crippen molar-refractivity contribution in [1.82, 2.24) is 19.9 Å². The number of hydrogen-bond acceptors (Lipinski definition) is 6. The van der Waals surface area contributed by atoms with Gasteiger partial charge in [-0.1, -0.05) is 12.1 Å².